The molecule has 100 valence electrons. The number of carbonyl (C=O) groups is 1. The van der Waals surface area contributed by atoms with Crippen LogP contribution in [0, 0.1) is 0 Å². The topological polar surface area (TPSA) is 54.0 Å². The predicted octanol–water partition coefficient (Wildman–Crippen LogP) is 1.43. The number of likely N-dealkylation sites (N-methyl/N-ethyl adjacent to an activating group) is 1. The lowest BCUT2D eigenvalue weighted by atomic mass is 10.3. The first kappa shape index (κ1) is 15.0. The first-order valence-electron chi connectivity index (χ1n) is 6.14. The Morgan fingerprint density at radius 1 is 1.50 bits per heavy atom. The molecule has 0 saturated carbocycles. The van der Waals surface area contributed by atoms with Crippen LogP contribution in [0.1, 0.15) is 19.0 Å². The summed E-state index contributed by atoms with van der Waals surface area (Å²) in [5.74, 6) is 1.81. The Bertz CT molecular complexity index is 345. The van der Waals surface area contributed by atoms with Crippen LogP contribution in [0.3, 0.4) is 0 Å². The van der Waals surface area contributed by atoms with E-state index in [1.54, 1.807) is 18.0 Å². The number of hydrogen-bond donors (Lipinski definition) is 2. The third-order valence-corrected chi connectivity index (χ3v) is 3.54. The quantitative estimate of drug-likeness (QED) is 0.700. The Morgan fingerprint density at radius 2 is 2.33 bits per heavy atom. The van der Waals surface area contributed by atoms with Crippen LogP contribution in [0.2, 0.25) is 0 Å². The van der Waals surface area contributed by atoms with Gasteiger partial charge in [-0.05, 0) is 26.1 Å². The molecule has 0 bridgehead atoms. The summed E-state index contributed by atoms with van der Waals surface area (Å²) in [6.45, 7) is 2.72. The van der Waals surface area contributed by atoms with E-state index in [0.29, 0.717) is 19.0 Å². The van der Waals surface area contributed by atoms with Crippen molar-refractivity contribution in [3.63, 3.8) is 0 Å². The van der Waals surface area contributed by atoms with Gasteiger partial charge < -0.3 is 10.6 Å². The lowest BCUT2D eigenvalue weighted by Gasteiger charge is -2.11. The van der Waals surface area contributed by atoms with Gasteiger partial charge in [0.25, 0.3) is 0 Å². The Hall–Kier alpha value is -1.07. The average Bonchev–Trinajstić information content (AvgIpc) is 2.42. The fraction of sp³-hybridized carbons (Fsp3) is 0.538. The number of aromatic nitrogens is 1. The van der Waals surface area contributed by atoms with Gasteiger partial charge in [-0.25, -0.2) is 0 Å². The molecular formula is C13H21N3OS. The van der Waals surface area contributed by atoms with Gasteiger partial charge >= 0.3 is 0 Å². The number of amides is 1. The first-order valence-corrected chi connectivity index (χ1v) is 7.29. The van der Waals surface area contributed by atoms with Gasteiger partial charge in [0.15, 0.2) is 0 Å². The number of pyridine rings is 1. The zero-order valence-electron chi connectivity index (χ0n) is 11.0. The number of nitrogens with zero attached hydrogens (tertiary/aromatic N) is 1. The minimum absolute atomic E-state index is 0.116. The van der Waals surface area contributed by atoms with Gasteiger partial charge in [-0.1, -0.05) is 6.07 Å². The Morgan fingerprint density at radius 3 is 3.00 bits per heavy atom. The van der Waals surface area contributed by atoms with E-state index in [-0.39, 0.29) is 5.91 Å². The van der Waals surface area contributed by atoms with Crippen LogP contribution >= 0.6 is 11.8 Å². The number of carbonyl (C=O) groups excluding carboxylic acids is 1. The van der Waals surface area contributed by atoms with E-state index in [1.807, 2.05) is 32.2 Å². The predicted molar refractivity (Wildman–Crippen MR) is 76.5 cm³/mol. The van der Waals surface area contributed by atoms with Crippen molar-refractivity contribution < 1.29 is 4.79 Å². The van der Waals surface area contributed by atoms with Crippen molar-refractivity contribution in [3.05, 3.63) is 30.1 Å². The molecule has 1 heterocycles. The lowest BCUT2D eigenvalue weighted by Crippen LogP contribution is -2.37. The van der Waals surface area contributed by atoms with Crippen molar-refractivity contribution in [1.29, 1.82) is 0 Å². The summed E-state index contributed by atoms with van der Waals surface area (Å²) in [4.78, 5) is 15.7. The molecule has 0 aliphatic carbocycles. The second kappa shape index (κ2) is 8.94. The molecule has 1 atom stereocenters. The van der Waals surface area contributed by atoms with Crippen molar-refractivity contribution in [3.8, 4) is 0 Å². The molecule has 0 radical (unpaired) electrons. The first-order chi connectivity index (χ1) is 8.72. The highest BCUT2D eigenvalue weighted by atomic mass is 32.2. The molecule has 1 rings (SSSR count). The van der Waals surface area contributed by atoms with Gasteiger partial charge in [-0.15, -0.1) is 0 Å². The van der Waals surface area contributed by atoms with Crippen molar-refractivity contribution in [2.75, 3.05) is 19.3 Å². The van der Waals surface area contributed by atoms with Gasteiger partial charge in [-0.3, -0.25) is 9.78 Å². The van der Waals surface area contributed by atoms with Crippen molar-refractivity contribution >= 4 is 17.7 Å². The molecule has 0 aliphatic heterocycles. The second-order valence-electron chi connectivity index (χ2n) is 4.12. The van der Waals surface area contributed by atoms with Gasteiger partial charge in [0.1, 0.15) is 0 Å². The monoisotopic (exact) mass is 267 g/mol. The molecule has 4 nitrogen and oxygen atoms in total. The van der Waals surface area contributed by atoms with Gasteiger partial charge in [0.05, 0.1) is 5.69 Å². The maximum atomic E-state index is 11.5. The molecule has 1 unspecified atom stereocenters. The maximum absolute atomic E-state index is 11.5. The van der Waals surface area contributed by atoms with Crippen molar-refractivity contribution in [2.45, 2.75) is 25.1 Å². The largest absolute Gasteiger partial charge is 0.355 e. The highest BCUT2D eigenvalue weighted by molar-refractivity contribution is 7.98. The lowest BCUT2D eigenvalue weighted by molar-refractivity contribution is -0.120. The smallest absolute Gasteiger partial charge is 0.220 e. The summed E-state index contributed by atoms with van der Waals surface area (Å²) in [6, 6.07) is 6.20. The second-order valence-corrected chi connectivity index (χ2v) is 5.22. The third-order valence-electron chi connectivity index (χ3n) is 2.55. The number of thioether (sulfide) groups is 1. The molecule has 1 amide bonds. The van der Waals surface area contributed by atoms with Crippen LogP contribution < -0.4 is 10.6 Å². The highest BCUT2D eigenvalue weighted by Gasteiger charge is 2.03. The molecule has 0 spiro atoms. The van der Waals surface area contributed by atoms with E-state index >= 15 is 0 Å². The van der Waals surface area contributed by atoms with Gasteiger partial charge in [-0.2, -0.15) is 11.8 Å². The van der Waals surface area contributed by atoms with Crippen LogP contribution in [0.5, 0.6) is 0 Å². The van der Waals surface area contributed by atoms with Gasteiger partial charge in [0.2, 0.25) is 5.91 Å². The molecule has 0 saturated heterocycles. The number of rotatable bonds is 8. The maximum Gasteiger partial charge on any atom is 0.220 e. The van der Waals surface area contributed by atoms with Crippen LogP contribution in [-0.4, -0.2) is 36.3 Å². The summed E-state index contributed by atoms with van der Waals surface area (Å²) < 4.78 is 0. The van der Waals surface area contributed by atoms with E-state index in [9.17, 15) is 4.79 Å². The SMILES string of the molecule is CNC(C)CNC(=O)CCSCc1ccccn1. The zero-order chi connectivity index (χ0) is 13.2. The van der Waals surface area contributed by atoms with E-state index in [1.165, 1.54) is 0 Å². The third kappa shape index (κ3) is 6.61. The molecule has 1 aromatic heterocycles. The summed E-state index contributed by atoms with van der Waals surface area (Å²) >= 11 is 1.74. The number of nitrogens with one attached hydrogen (secondary N) is 2. The van der Waals surface area contributed by atoms with Crippen molar-refractivity contribution in [2.24, 2.45) is 0 Å². The van der Waals surface area contributed by atoms with Crippen LogP contribution in [0.25, 0.3) is 0 Å². The Balaban J connectivity index is 2.05. The van der Waals surface area contributed by atoms with E-state index in [4.69, 9.17) is 0 Å². The molecule has 0 fully saturated rings. The van der Waals surface area contributed by atoms with Crippen LogP contribution in [-0.2, 0) is 10.5 Å². The molecule has 0 aromatic carbocycles. The zero-order valence-corrected chi connectivity index (χ0v) is 11.8. The van der Waals surface area contributed by atoms with E-state index in [0.717, 1.165) is 17.2 Å². The van der Waals surface area contributed by atoms with Crippen molar-refractivity contribution in [1.82, 2.24) is 15.6 Å². The minimum Gasteiger partial charge on any atom is -0.355 e. The normalized spacial score (nSPS) is 12.1. The molecule has 5 heteroatoms. The highest BCUT2D eigenvalue weighted by Crippen LogP contribution is 2.10. The van der Waals surface area contributed by atoms with Gasteiger partial charge in [0, 0.05) is 36.7 Å². The fourth-order valence-electron chi connectivity index (χ4n) is 1.28. The van der Waals surface area contributed by atoms with Crippen LogP contribution in [0.15, 0.2) is 24.4 Å². The summed E-state index contributed by atoms with van der Waals surface area (Å²) in [6.07, 6.45) is 2.36. The average molecular weight is 267 g/mol. The Labute approximate surface area is 113 Å². The number of hydrogen-bond acceptors (Lipinski definition) is 4. The molecular weight excluding hydrogens is 246 g/mol. The Kier molecular flexibility index (Phi) is 7.44. The standard InChI is InChI=1S/C13H21N3OS/c1-11(14-2)9-16-13(17)6-8-18-10-12-5-3-4-7-15-12/h3-5,7,11,14H,6,8-10H2,1-2H3,(H,16,17). The van der Waals surface area contributed by atoms with E-state index in [2.05, 4.69) is 15.6 Å². The molecule has 18 heavy (non-hydrogen) atoms. The van der Waals surface area contributed by atoms with Crippen LogP contribution in [0.4, 0.5) is 0 Å². The molecule has 1 aromatic rings. The summed E-state index contributed by atoms with van der Waals surface area (Å²) in [7, 11) is 1.89. The fourth-order valence-corrected chi connectivity index (χ4v) is 2.14. The molecule has 0 aliphatic rings. The molecule has 2 N–H and O–H groups in total. The summed E-state index contributed by atoms with van der Waals surface area (Å²) in [5.41, 5.74) is 1.06. The minimum atomic E-state index is 0.116. The summed E-state index contributed by atoms with van der Waals surface area (Å²) in [5, 5.41) is 5.98. The van der Waals surface area contributed by atoms with E-state index < -0.39 is 0 Å².